The molecule has 0 saturated heterocycles. The lowest BCUT2D eigenvalue weighted by molar-refractivity contribution is -0.384. The van der Waals surface area contributed by atoms with E-state index < -0.39 is 4.92 Å². The first kappa shape index (κ1) is 14.1. The Morgan fingerprint density at radius 1 is 1.30 bits per heavy atom. The molecule has 0 atom stereocenters. The van der Waals surface area contributed by atoms with Crippen molar-refractivity contribution in [1.82, 2.24) is 0 Å². The summed E-state index contributed by atoms with van der Waals surface area (Å²) in [6.45, 7) is 0.571. The zero-order chi connectivity index (χ0) is 14.7. The molecule has 20 heavy (non-hydrogen) atoms. The fraction of sp³-hybridized carbons (Fsp3) is 0.143. The summed E-state index contributed by atoms with van der Waals surface area (Å²) in [5.41, 5.74) is 7.92. The van der Waals surface area contributed by atoms with Crippen LogP contribution in [0.2, 0.25) is 5.02 Å². The van der Waals surface area contributed by atoms with Crippen molar-refractivity contribution in [2.75, 3.05) is 17.7 Å². The predicted octanol–water partition coefficient (Wildman–Crippen LogP) is 3.47. The molecule has 0 aliphatic rings. The summed E-state index contributed by atoms with van der Waals surface area (Å²) in [7, 11) is 1.86. The Hall–Kier alpha value is -2.27. The fourth-order valence-corrected chi connectivity index (χ4v) is 2.17. The largest absolute Gasteiger partial charge is 0.397 e. The maximum atomic E-state index is 10.7. The van der Waals surface area contributed by atoms with Gasteiger partial charge in [0.2, 0.25) is 0 Å². The molecule has 0 unspecified atom stereocenters. The van der Waals surface area contributed by atoms with Crippen LogP contribution in [-0.2, 0) is 6.54 Å². The molecule has 0 saturated carbocycles. The maximum Gasteiger partial charge on any atom is 0.271 e. The first-order valence-corrected chi connectivity index (χ1v) is 6.35. The van der Waals surface area contributed by atoms with E-state index in [2.05, 4.69) is 0 Å². The van der Waals surface area contributed by atoms with Crippen LogP contribution in [0.5, 0.6) is 0 Å². The van der Waals surface area contributed by atoms with E-state index in [0.717, 1.165) is 11.3 Å². The number of nitrogens with two attached hydrogens (primary N) is 1. The van der Waals surface area contributed by atoms with Gasteiger partial charge in [0.1, 0.15) is 0 Å². The lowest BCUT2D eigenvalue weighted by Gasteiger charge is -2.21. The number of rotatable bonds is 4. The first-order valence-electron chi connectivity index (χ1n) is 5.97. The zero-order valence-electron chi connectivity index (χ0n) is 10.9. The minimum absolute atomic E-state index is 0.0163. The van der Waals surface area contributed by atoms with Crippen molar-refractivity contribution in [3.63, 3.8) is 0 Å². The highest BCUT2D eigenvalue weighted by Gasteiger charge is 2.12. The van der Waals surface area contributed by atoms with Crippen molar-refractivity contribution in [2.24, 2.45) is 0 Å². The maximum absolute atomic E-state index is 10.7. The van der Waals surface area contributed by atoms with E-state index in [-0.39, 0.29) is 5.69 Å². The molecular weight excluding hydrogens is 278 g/mol. The number of benzene rings is 2. The van der Waals surface area contributed by atoms with Gasteiger partial charge in [0.05, 0.1) is 16.3 Å². The van der Waals surface area contributed by atoms with Crippen LogP contribution in [0.4, 0.5) is 17.1 Å². The number of nitro groups is 1. The highest BCUT2D eigenvalue weighted by molar-refractivity contribution is 6.31. The summed E-state index contributed by atoms with van der Waals surface area (Å²) in [6, 6.07) is 12.0. The average Bonchev–Trinajstić information content (AvgIpc) is 2.41. The molecule has 0 radical (unpaired) electrons. The summed E-state index contributed by atoms with van der Waals surface area (Å²) >= 11 is 6.12. The van der Waals surface area contributed by atoms with Crippen molar-refractivity contribution >= 4 is 28.7 Å². The molecule has 104 valence electrons. The van der Waals surface area contributed by atoms with Crippen LogP contribution in [0.25, 0.3) is 0 Å². The minimum Gasteiger partial charge on any atom is -0.397 e. The lowest BCUT2D eigenvalue weighted by Crippen LogP contribution is -2.18. The summed E-state index contributed by atoms with van der Waals surface area (Å²) < 4.78 is 0. The highest BCUT2D eigenvalue weighted by atomic mass is 35.5. The Morgan fingerprint density at radius 3 is 2.60 bits per heavy atom. The third-order valence-corrected chi connectivity index (χ3v) is 3.37. The molecule has 2 N–H and O–H groups in total. The second-order valence-corrected chi connectivity index (χ2v) is 4.85. The quantitative estimate of drug-likeness (QED) is 0.532. The number of nitrogen functional groups attached to an aromatic ring is 1. The Balaban J connectivity index is 2.23. The minimum atomic E-state index is -0.464. The molecule has 0 spiro atoms. The highest BCUT2D eigenvalue weighted by Crippen LogP contribution is 2.28. The van der Waals surface area contributed by atoms with Gasteiger partial charge in [-0.25, -0.2) is 0 Å². The smallest absolute Gasteiger partial charge is 0.271 e. The molecular formula is C14H14ClN3O2. The molecule has 6 heteroatoms. The van der Waals surface area contributed by atoms with Gasteiger partial charge in [-0.2, -0.15) is 0 Å². The van der Waals surface area contributed by atoms with Gasteiger partial charge in [0.15, 0.2) is 0 Å². The van der Waals surface area contributed by atoms with Crippen LogP contribution in [0.1, 0.15) is 5.56 Å². The van der Waals surface area contributed by atoms with Crippen molar-refractivity contribution < 1.29 is 4.92 Å². The zero-order valence-corrected chi connectivity index (χ0v) is 11.7. The van der Waals surface area contributed by atoms with E-state index >= 15 is 0 Å². The van der Waals surface area contributed by atoms with E-state index in [1.54, 1.807) is 6.07 Å². The molecule has 2 aromatic carbocycles. The Kier molecular flexibility index (Phi) is 4.10. The molecule has 0 aliphatic carbocycles. The number of hydrogen-bond donors (Lipinski definition) is 1. The number of anilines is 2. The van der Waals surface area contributed by atoms with E-state index in [1.807, 2.05) is 36.2 Å². The third kappa shape index (κ3) is 3.00. The lowest BCUT2D eigenvalue weighted by atomic mass is 10.2. The van der Waals surface area contributed by atoms with Gasteiger partial charge in [0.25, 0.3) is 5.69 Å². The van der Waals surface area contributed by atoms with Crippen LogP contribution < -0.4 is 10.6 Å². The van der Waals surface area contributed by atoms with E-state index in [1.165, 1.54) is 12.1 Å². The van der Waals surface area contributed by atoms with Crippen molar-refractivity contribution in [3.05, 3.63) is 63.2 Å². The molecule has 0 fully saturated rings. The normalized spacial score (nSPS) is 10.3. The number of non-ortho nitro benzene ring substituents is 1. The molecule has 0 heterocycles. The summed E-state index contributed by atoms with van der Waals surface area (Å²) in [5, 5.41) is 11.4. The van der Waals surface area contributed by atoms with Gasteiger partial charge in [0, 0.05) is 30.7 Å². The van der Waals surface area contributed by atoms with Crippen LogP contribution in [0, 0.1) is 10.1 Å². The molecule has 0 aliphatic heterocycles. The molecule has 0 amide bonds. The fourth-order valence-electron chi connectivity index (χ4n) is 1.97. The monoisotopic (exact) mass is 291 g/mol. The van der Waals surface area contributed by atoms with Crippen LogP contribution >= 0.6 is 11.6 Å². The molecule has 2 rings (SSSR count). The Morgan fingerprint density at radius 2 is 2.00 bits per heavy atom. The molecule has 0 aromatic heterocycles. The van der Waals surface area contributed by atoms with Gasteiger partial charge in [-0.05, 0) is 17.7 Å². The Bertz CT molecular complexity index is 646. The SMILES string of the molecule is CN(Cc1ccccc1Cl)c1ccc([N+](=O)[O-])cc1N. The van der Waals surface area contributed by atoms with Gasteiger partial charge in [-0.15, -0.1) is 0 Å². The summed E-state index contributed by atoms with van der Waals surface area (Å²) in [6.07, 6.45) is 0. The molecule has 5 nitrogen and oxygen atoms in total. The summed E-state index contributed by atoms with van der Waals surface area (Å²) in [5.74, 6) is 0. The van der Waals surface area contributed by atoms with E-state index in [4.69, 9.17) is 17.3 Å². The average molecular weight is 292 g/mol. The van der Waals surface area contributed by atoms with Gasteiger partial charge < -0.3 is 10.6 Å². The predicted molar refractivity (Wildman–Crippen MR) is 81.1 cm³/mol. The number of halogens is 1. The Labute approximate surface area is 121 Å². The van der Waals surface area contributed by atoms with Crippen LogP contribution in [-0.4, -0.2) is 12.0 Å². The van der Waals surface area contributed by atoms with E-state index in [0.29, 0.717) is 17.3 Å². The second kappa shape index (κ2) is 5.79. The van der Waals surface area contributed by atoms with Crippen LogP contribution in [0.15, 0.2) is 42.5 Å². The number of nitro benzene ring substituents is 1. The molecule has 2 aromatic rings. The van der Waals surface area contributed by atoms with Crippen LogP contribution in [0.3, 0.4) is 0 Å². The van der Waals surface area contributed by atoms with E-state index in [9.17, 15) is 10.1 Å². The molecule has 0 bridgehead atoms. The summed E-state index contributed by atoms with van der Waals surface area (Å²) in [4.78, 5) is 12.1. The second-order valence-electron chi connectivity index (χ2n) is 4.45. The van der Waals surface area contributed by atoms with Gasteiger partial charge in [-0.1, -0.05) is 29.8 Å². The van der Waals surface area contributed by atoms with Crippen molar-refractivity contribution in [2.45, 2.75) is 6.54 Å². The van der Waals surface area contributed by atoms with Gasteiger partial charge >= 0.3 is 0 Å². The topological polar surface area (TPSA) is 72.4 Å². The van der Waals surface area contributed by atoms with Gasteiger partial charge in [-0.3, -0.25) is 10.1 Å². The van der Waals surface area contributed by atoms with Crippen molar-refractivity contribution in [3.8, 4) is 0 Å². The third-order valence-electron chi connectivity index (χ3n) is 3.00. The van der Waals surface area contributed by atoms with Crippen molar-refractivity contribution in [1.29, 1.82) is 0 Å². The number of hydrogen-bond acceptors (Lipinski definition) is 4. The first-order chi connectivity index (χ1) is 9.49. The standard InChI is InChI=1S/C14H14ClN3O2/c1-17(9-10-4-2-3-5-12(10)15)14-7-6-11(18(19)20)8-13(14)16/h2-8H,9,16H2,1H3. The number of nitrogens with zero attached hydrogens (tertiary/aromatic N) is 2.